The van der Waals surface area contributed by atoms with Crippen LogP contribution in [0.3, 0.4) is 0 Å². The number of halogens is 1. The molecule has 0 bridgehead atoms. The van der Waals surface area contributed by atoms with Crippen molar-refractivity contribution < 1.29 is 5.11 Å². The highest BCUT2D eigenvalue weighted by atomic mass is 79.9. The lowest BCUT2D eigenvalue weighted by Gasteiger charge is -2.29. The van der Waals surface area contributed by atoms with E-state index < -0.39 is 0 Å². The van der Waals surface area contributed by atoms with Crippen molar-refractivity contribution in [2.75, 3.05) is 25.0 Å². The van der Waals surface area contributed by atoms with Crippen LogP contribution < -0.4 is 0 Å². The number of piperidine rings is 1. The molecule has 1 aliphatic rings. The molecule has 1 atom stereocenters. The Balaban J connectivity index is 2.18. The second-order valence-corrected chi connectivity index (χ2v) is 3.58. The van der Waals surface area contributed by atoms with Gasteiger partial charge in [-0.3, -0.25) is 4.90 Å². The van der Waals surface area contributed by atoms with Gasteiger partial charge >= 0.3 is 0 Å². The van der Waals surface area contributed by atoms with E-state index in [0.717, 1.165) is 37.8 Å². The molecule has 1 heterocycles. The van der Waals surface area contributed by atoms with Crippen molar-refractivity contribution in [3.8, 4) is 0 Å². The summed E-state index contributed by atoms with van der Waals surface area (Å²) in [4.78, 5) is 2.29. The first-order chi connectivity index (χ1) is 4.83. The van der Waals surface area contributed by atoms with Gasteiger partial charge in [0.1, 0.15) is 0 Å². The Hall–Kier alpha value is 0.400. The zero-order valence-electron chi connectivity index (χ0n) is 6.09. The highest BCUT2D eigenvalue weighted by Gasteiger charge is 2.15. The van der Waals surface area contributed by atoms with Crippen LogP contribution in [0.15, 0.2) is 0 Å². The predicted octanol–water partition coefficient (Wildman–Crippen LogP) is 0.838. The summed E-state index contributed by atoms with van der Waals surface area (Å²) >= 11 is 3.38. The fourth-order valence-electron chi connectivity index (χ4n) is 1.35. The van der Waals surface area contributed by atoms with Gasteiger partial charge in [0, 0.05) is 18.4 Å². The maximum Gasteiger partial charge on any atom is 0.0667 e. The standard InChI is InChI=1S/C7H14BrNO/c8-3-5-9-4-1-2-7(10)6-9/h7,10H,1-6H2. The summed E-state index contributed by atoms with van der Waals surface area (Å²) in [6, 6.07) is 0. The van der Waals surface area contributed by atoms with Crippen LogP contribution in [-0.2, 0) is 0 Å². The van der Waals surface area contributed by atoms with Gasteiger partial charge in [-0.2, -0.15) is 0 Å². The molecule has 60 valence electrons. The summed E-state index contributed by atoms with van der Waals surface area (Å²) < 4.78 is 0. The summed E-state index contributed by atoms with van der Waals surface area (Å²) in [5, 5.41) is 10.3. The fraction of sp³-hybridized carbons (Fsp3) is 1.00. The van der Waals surface area contributed by atoms with Crippen molar-refractivity contribution in [2.45, 2.75) is 18.9 Å². The summed E-state index contributed by atoms with van der Waals surface area (Å²) in [7, 11) is 0. The zero-order valence-corrected chi connectivity index (χ0v) is 7.68. The number of alkyl halides is 1. The average molecular weight is 208 g/mol. The number of aliphatic hydroxyl groups is 1. The molecule has 0 saturated carbocycles. The van der Waals surface area contributed by atoms with Gasteiger partial charge in [0.25, 0.3) is 0 Å². The summed E-state index contributed by atoms with van der Waals surface area (Å²) in [5.74, 6) is 0. The van der Waals surface area contributed by atoms with Crippen LogP contribution in [-0.4, -0.2) is 41.1 Å². The van der Waals surface area contributed by atoms with Gasteiger partial charge in [-0.25, -0.2) is 0 Å². The van der Waals surface area contributed by atoms with E-state index in [1.165, 1.54) is 0 Å². The van der Waals surface area contributed by atoms with Gasteiger partial charge in [0.15, 0.2) is 0 Å². The highest BCUT2D eigenvalue weighted by Crippen LogP contribution is 2.09. The Morgan fingerprint density at radius 1 is 1.60 bits per heavy atom. The first kappa shape index (κ1) is 8.50. The maximum absolute atomic E-state index is 9.25. The van der Waals surface area contributed by atoms with Crippen LogP contribution in [0.1, 0.15) is 12.8 Å². The number of hydrogen-bond acceptors (Lipinski definition) is 2. The van der Waals surface area contributed by atoms with Crippen molar-refractivity contribution in [1.29, 1.82) is 0 Å². The van der Waals surface area contributed by atoms with Crippen molar-refractivity contribution in [3.63, 3.8) is 0 Å². The number of aliphatic hydroxyl groups excluding tert-OH is 1. The van der Waals surface area contributed by atoms with Gasteiger partial charge in [0.05, 0.1) is 6.10 Å². The third-order valence-electron chi connectivity index (χ3n) is 1.88. The molecule has 0 aromatic rings. The van der Waals surface area contributed by atoms with Gasteiger partial charge < -0.3 is 5.11 Å². The Bertz CT molecular complexity index is 97.6. The van der Waals surface area contributed by atoms with E-state index >= 15 is 0 Å². The summed E-state index contributed by atoms with van der Waals surface area (Å²) in [6.45, 7) is 3.09. The van der Waals surface area contributed by atoms with Gasteiger partial charge in [-0.15, -0.1) is 0 Å². The number of nitrogens with zero attached hydrogens (tertiary/aromatic N) is 1. The molecular formula is C7H14BrNO. The van der Waals surface area contributed by atoms with Crippen LogP contribution in [0.5, 0.6) is 0 Å². The van der Waals surface area contributed by atoms with Crippen LogP contribution in [0.4, 0.5) is 0 Å². The third kappa shape index (κ3) is 2.56. The van der Waals surface area contributed by atoms with Crippen molar-refractivity contribution >= 4 is 15.9 Å². The molecule has 1 rings (SSSR count). The molecule has 1 saturated heterocycles. The predicted molar refractivity (Wildman–Crippen MR) is 45.5 cm³/mol. The van der Waals surface area contributed by atoms with Gasteiger partial charge in [-0.05, 0) is 19.4 Å². The first-order valence-corrected chi connectivity index (χ1v) is 4.91. The number of rotatable bonds is 2. The normalized spacial score (nSPS) is 28.8. The van der Waals surface area contributed by atoms with E-state index in [4.69, 9.17) is 0 Å². The van der Waals surface area contributed by atoms with Crippen LogP contribution in [0, 0.1) is 0 Å². The van der Waals surface area contributed by atoms with E-state index in [-0.39, 0.29) is 6.10 Å². The molecule has 10 heavy (non-hydrogen) atoms. The first-order valence-electron chi connectivity index (χ1n) is 3.79. The molecule has 0 aromatic heterocycles. The third-order valence-corrected chi connectivity index (χ3v) is 2.24. The van der Waals surface area contributed by atoms with E-state index in [1.807, 2.05) is 0 Å². The number of likely N-dealkylation sites (tertiary alicyclic amines) is 1. The summed E-state index contributed by atoms with van der Waals surface area (Å²) in [5.41, 5.74) is 0. The molecule has 1 aliphatic heterocycles. The van der Waals surface area contributed by atoms with Crippen LogP contribution >= 0.6 is 15.9 Å². The quantitative estimate of drug-likeness (QED) is 0.679. The molecular weight excluding hydrogens is 194 g/mol. The molecule has 0 aromatic carbocycles. The molecule has 1 fully saturated rings. The Morgan fingerprint density at radius 3 is 3.00 bits per heavy atom. The molecule has 1 unspecified atom stereocenters. The molecule has 0 radical (unpaired) electrons. The zero-order chi connectivity index (χ0) is 7.40. The van der Waals surface area contributed by atoms with Gasteiger partial charge in [-0.1, -0.05) is 15.9 Å². The maximum atomic E-state index is 9.25. The average Bonchev–Trinajstić information content (AvgIpc) is 1.88. The number of β-amino-alcohol motifs (C(OH)–C–C–N with tert-alkyl or cyclic N) is 1. The van der Waals surface area contributed by atoms with Gasteiger partial charge in [0.2, 0.25) is 0 Å². The SMILES string of the molecule is OC1CCCN(CCBr)C1. The monoisotopic (exact) mass is 207 g/mol. The Morgan fingerprint density at radius 2 is 2.40 bits per heavy atom. The molecule has 1 N–H and O–H groups in total. The molecule has 0 spiro atoms. The number of hydrogen-bond donors (Lipinski definition) is 1. The van der Waals surface area contributed by atoms with E-state index in [1.54, 1.807) is 0 Å². The highest BCUT2D eigenvalue weighted by molar-refractivity contribution is 9.09. The molecule has 2 nitrogen and oxygen atoms in total. The lowest BCUT2D eigenvalue weighted by Crippen LogP contribution is -2.39. The van der Waals surface area contributed by atoms with E-state index in [0.29, 0.717) is 0 Å². The second-order valence-electron chi connectivity index (χ2n) is 2.79. The second kappa shape index (κ2) is 4.31. The van der Waals surface area contributed by atoms with Crippen molar-refractivity contribution in [3.05, 3.63) is 0 Å². The smallest absolute Gasteiger partial charge is 0.0667 e. The minimum atomic E-state index is -0.0761. The van der Waals surface area contributed by atoms with E-state index in [9.17, 15) is 5.11 Å². The molecule has 0 amide bonds. The van der Waals surface area contributed by atoms with Crippen LogP contribution in [0.2, 0.25) is 0 Å². The minimum absolute atomic E-state index is 0.0761. The lowest BCUT2D eigenvalue weighted by atomic mass is 10.1. The van der Waals surface area contributed by atoms with Crippen LogP contribution in [0.25, 0.3) is 0 Å². The summed E-state index contributed by atoms with van der Waals surface area (Å²) in [6.07, 6.45) is 2.06. The lowest BCUT2D eigenvalue weighted by molar-refractivity contribution is 0.0744. The molecule has 0 aliphatic carbocycles. The van der Waals surface area contributed by atoms with Crippen molar-refractivity contribution in [2.24, 2.45) is 0 Å². The molecule has 3 heteroatoms. The largest absolute Gasteiger partial charge is 0.392 e. The Labute approximate surface area is 70.3 Å². The van der Waals surface area contributed by atoms with E-state index in [2.05, 4.69) is 20.8 Å². The minimum Gasteiger partial charge on any atom is -0.392 e. The fourth-order valence-corrected chi connectivity index (χ4v) is 1.86. The van der Waals surface area contributed by atoms with Crippen molar-refractivity contribution in [1.82, 2.24) is 4.90 Å². The topological polar surface area (TPSA) is 23.5 Å². The Kier molecular flexibility index (Phi) is 3.66.